The molecule has 2 unspecified atom stereocenters. The van der Waals surface area contributed by atoms with Crippen molar-refractivity contribution in [3.8, 4) is 11.5 Å². The second-order valence-electron chi connectivity index (χ2n) is 7.89. The number of imide groups is 1. The lowest BCUT2D eigenvalue weighted by Gasteiger charge is -2.30. The van der Waals surface area contributed by atoms with Crippen molar-refractivity contribution in [2.75, 3.05) is 19.1 Å². The van der Waals surface area contributed by atoms with E-state index in [-0.39, 0.29) is 4.87 Å². The maximum absolute atomic E-state index is 13.7. The minimum atomic E-state index is -4.76. The first kappa shape index (κ1) is 23.5. The van der Waals surface area contributed by atoms with E-state index in [0.29, 0.717) is 31.9 Å². The molecular formula is C23H17F3N2O5S2. The molecule has 7 nitrogen and oxygen atoms in total. The number of nitrogens with zero attached hydrogens (tertiary/aromatic N) is 1. The summed E-state index contributed by atoms with van der Waals surface area (Å²) in [5.41, 5.74) is -1.01. The van der Waals surface area contributed by atoms with Crippen LogP contribution in [0, 0.1) is 5.92 Å². The number of halogens is 3. The van der Waals surface area contributed by atoms with Crippen LogP contribution < -0.4 is 19.2 Å². The molecule has 0 aliphatic carbocycles. The molecule has 2 aliphatic heterocycles. The summed E-state index contributed by atoms with van der Waals surface area (Å²) in [6.07, 6.45) is -4.76. The number of aromatic amines is 1. The lowest BCUT2D eigenvalue weighted by molar-refractivity contribution is -0.137. The van der Waals surface area contributed by atoms with Gasteiger partial charge in [0.05, 0.1) is 36.4 Å². The number of aromatic nitrogens is 1. The Morgan fingerprint density at radius 3 is 2.37 bits per heavy atom. The molecule has 0 bridgehead atoms. The summed E-state index contributed by atoms with van der Waals surface area (Å²) in [6.45, 7) is 0. The number of hydrogen-bond acceptors (Lipinski definition) is 7. The number of fused-ring (bicyclic) bond motifs is 2. The number of thioether (sulfide) groups is 1. The minimum Gasteiger partial charge on any atom is -0.493 e. The molecule has 3 heterocycles. The smallest absolute Gasteiger partial charge is 0.418 e. The molecule has 2 amide bonds. The molecule has 35 heavy (non-hydrogen) atoms. The Bertz CT molecular complexity index is 1400. The van der Waals surface area contributed by atoms with Gasteiger partial charge in [-0.3, -0.25) is 14.4 Å². The summed E-state index contributed by atoms with van der Waals surface area (Å²) in [5, 5.41) is -0.590. The number of anilines is 1. The van der Waals surface area contributed by atoms with Crippen LogP contribution in [0.4, 0.5) is 18.9 Å². The first-order chi connectivity index (χ1) is 16.7. The molecule has 182 valence electrons. The van der Waals surface area contributed by atoms with Crippen LogP contribution in [0.5, 0.6) is 11.5 Å². The molecule has 3 aromatic rings. The standard InChI is InChI=1S/C23H17F3N2O5S2/c1-32-13-8-7-10(9-14(13)33-2)15-16-18(34-19-17(15)35-22(31)27-19)21(30)28(20(16)29)12-6-4-3-5-11(12)23(24,25)26/h3-9,15-16,18H,1-2H3,(H,27,31)/t15-,16?,18?/m1/s1. The van der Waals surface area contributed by atoms with Gasteiger partial charge in [-0.05, 0) is 29.8 Å². The van der Waals surface area contributed by atoms with Crippen LogP contribution >= 0.6 is 23.1 Å². The average Bonchev–Trinajstić information content (AvgIpc) is 3.32. The van der Waals surface area contributed by atoms with Crippen molar-refractivity contribution < 1.29 is 32.2 Å². The largest absolute Gasteiger partial charge is 0.493 e. The Kier molecular flexibility index (Phi) is 5.67. The van der Waals surface area contributed by atoms with Crippen LogP contribution in [0.15, 0.2) is 52.3 Å². The van der Waals surface area contributed by atoms with Gasteiger partial charge >= 0.3 is 11.0 Å². The first-order valence-electron chi connectivity index (χ1n) is 10.3. The minimum absolute atomic E-state index is 0.355. The molecule has 1 N–H and O–H groups in total. The van der Waals surface area contributed by atoms with Crippen LogP contribution in [-0.2, 0) is 15.8 Å². The summed E-state index contributed by atoms with van der Waals surface area (Å²) in [5.74, 6) is -2.47. The number of carbonyl (C=O) groups is 2. The van der Waals surface area contributed by atoms with Gasteiger partial charge in [-0.15, -0.1) is 0 Å². The average molecular weight is 523 g/mol. The van der Waals surface area contributed by atoms with E-state index in [2.05, 4.69) is 4.98 Å². The van der Waals surface area contributed by atoms with Crippen molar-refractivity contribution in [2.45, 2.75) is 22.4 Å². The van der Waals surface area contributed by atoms with E-state index < -0.39 is 46.3 Å². The number of rotatable bonds is 4. The Morgan fingerprint density at radius 1 is 0.971 bits per heavy atom. The number of hydrogen-bond donors (Lipinski definition) is 1. The van der Waals surface area contributed by atoms with Gasteiger partial charge in [0, 0.05) is 10.8 Å². The van der Waals surface area contributed by atoms with Crippen molar-refractivity contribution in [1.29, 1.82) is 0 Å². The molecule has 1 aromatic heterocycles. The van der Waals surface area contributed by atoms with Crippen LogP contribution in [0.3, 0.4) is 0 Å². The van der Waals surface area contributed by atoms with Crippen LogP contribution in [0.25, 0.3) is 0 Å². The van der Waals surface area contributed by atoms with Crippen LogP contribution in [0.1, 0.15) is 21.9 Å². The Morgan fingerprint density at radius 2 is 1.69 bits per heavy atom. The van der Waals surface area contributed by atoms with Crippen LogP contribution in [0.2, 0.25) is 0 Å². The highest BCUT2D eigenvalue weighted by atomic mass is 32.2. The third-order valence-electron chi connectivity index (χ3n) is 6.04. The number of methoxy groups -OCH3 is 2. The highest BCUT2D eigenvalue weighted by Gasteiger charge is 2.57. The number of amides is 2. The lowest BCUT2D eigenvalue weighted by atomic mass is 9.83. The molecule has 0 spiro atoms. The van der Waals surface area contributed by atoms with Crippen molar-refractivity contribution in [1.82, 2.24) is 4.98 Å². The molecule has 5 rings (SSSR count). The second-order valence-corrected chi connectivity index (χ2v) is 10.1. The number of benzene rings is 2. The van der Waals surface area contributed by atoms with Crippen molar-refractivity contribution >= 4 is 40.6 Å². The fourth-order valence-electron chi connectivity index (χ4n) is 4.57. The molecule has 1 fully saturated rings. The number of carbonyl (C=O) groups excluding carboxylic acids is 2. The van der Waals surface area contributed by atoms with Gasteiger partial charge in [0.1, 0.15) is 5.25 Å². The van der Waals surface area contributed by atoms with Crippen molar-refractivity contribution in [2.24, 2.45) is 5.92 Å². The quantitative estimate of drug-likeness (QED) is 0.515. The molecule has 0 radical (unpaired) electrons. The normalized spacial score (nSPS) is 21.6. The van der Waals surface area contributed by atoms with E-state index >= 15 is 0 Å². The SMILES string of the molecule is COc1ccc([C@H]2c3sc(=O)[nH]c3SC3C(=O)N(c4ccccc4C(F)(F)F)C(=O)C32)cc1OC. The summed E-state index contributed by atoms with van der Waals surface area (Å²) in [7, 11) is 2.91. The summed E-state index contributed by atoms with van der Waals surface area (Å²) < 4.78 is 51.8. The fraction of sp³-hybridized carbons (Fsp3) is 0.261. The number of para-hydroxylation sites is 1. The molecule has 2 aliphatic rings. The maximum Gasteiger partial charge on any atom is 0.418 e. The lowest BCUT2D eigenvalue weighted by Crippen LogP contribution is -2.33. The Labute approximate surface area is 204 Å². The van der Waals surface area contributed by atoms with Gasteiger partial charge in [0.15, 0.2) is 11.5 Å². The highest BCUT2D eigenvalue weighted by Crippen LogP contribution is 2.54. The van der Waals surface area contributed by atoms with E-state index in [4.69, 9.17) is 9.47 Å². The Balaban J connectivity index is 1.67. The molecule has 12 heteroatoms. The monoisotopic (exact) mass is 522 g/mol. The molecule has 3 atom stereocenters. The van der Waals surface area contributed by atoms with Crippen LogP contribution in [-0.4, -0.2) is 36.3 Å². The molecule has 1 saturated heterocycles. The first-order valence-corrected chi connectivity index (χ1v) is 12.0. The van der Waals surface area contributed by atoms with Gasteiger partial charge in [0.25, 0.3) is 0 Å². The third kappa shape index (κ3) is 3.71. The van der Waals surface area contributed by atoms with Gasteiger partial charge < -0.3 is 14.5 Å². The summed E-state index contributed by atoms with van der Waals surface area (Å²) in [6, 6.07) is 9.48. The van der Waals surface area contributed by atoms with Gasteiger partial charge in [-0.2, -0.15) is 13.2 Å². The summed E-state index contributed by atoms with van der Waals surface area (Å²) >= 11 is 1.90. The highest BCUT2D eigenvalue weighted by molar-refractivity contribution is 8.00. The topological polar surface area (TPSA) is 88.7 Å². The number of thiazole rings is 1. The Hall–Kier alpha value is -3.25. The number of nitrogens with one attached hydrogen (secondary N) is 1. The van der Waals surface area contributed by atoms with Crippen molar-refractivity contribution in [3.05, 3.63) is 68.1 Å². The third-order valence-corrected chi connectivity index (χ3v) is 8.44. The van der Waals surface area contributed by atoms with E-state index in [9.17, 15) is 27.6 Å². The van der Waals surface area contributed by atoms with Gasteiger partial charge in [-0.1, -0.05) is 41.3 Å². The van der Waals surface area contributed by atoms with E-state index in [1.54, 1.807) is 18.2 Å². The predicted molar refractivity (Wildman–Crippen MR) is 123 cm³/mol. The van der Waals surface area contributed by atoms with Crippen molar-refractivity contribution in [3.63, 3.8) is 0 Å². The van der Waals surface area contributed by atoms with E-state index in [0.717, 1.165) is 35.2 Å². The zero-order valence-corrected chi connectivity index (χ0v) is 19.8. The molecule has 0 saturated carbocycles. The van der Waals surface area contributed by atoms with Gasteiger partial charge in [0.2, 0.25) is 11.8 Å². The fourth-order valence-corrected chi connectivity index (χ4v) is 7.08. The number of H-pyrrole nitrogens is 1. The van der Waals surface area contributed by atoms with E-state index in [1.807, 2.05) is 0 Å². The zero-order valence-electron chi connectivity index (χ0n) is 18.2. The number of ether oxygens (including phenoxy) is 2. The predicted octanol–water partition coefficient (Wildman–Crippen LogP) is 4.27. The number of alkyl halides is 3. The maximum atomic E-state index is 13.7. The van der Waals surface area contributed by atoms with E-state index in [1.165, 1.54) is 26.4 Å². The molecule has 2 aromatic carbocycles. The zero-order chi connectivity index (χ0) is 25.1. The molecular weight excluding hydrogens is 505 g/mol. The second kappa shape index (κ2) is 8.45. The van der Waals surface area contributed by atoms with Gasteiger partial charge in [-0.25, -0.2) is 4.90 Å². The summed E-state index contributed by atoms with van der Waals surface area (Å²) in [4.78, 5) is 42.8.